The van der Waals surface area contributed by atoms with E-state index in [2.05, 4.69) is 34.2 Å². The van der Waals surface area contributed by atoms with Gasteiger partial charge in [0.15, 0.2) is 0 Å². The first-order valence-corrected chi connectivity index (χ1v) is 13.2. The van der Waals surface area contributed by atoms with Crippen molar-refractivity contribution < 1.29 is 14.6 Å². The zero-order valence-electron chi connectivity index (χ0n) is 22.1. The van der Waals surface area contributed by atoms with E-state index in [0.29, 0.717) is 28.1 Å². The van der Waals surface area contributed by atoms with E-state index < -0.39 is 11.6 Å². The highest BCUT2D eigenvalue weighted by Gasteiger charge is 2.42. The number of esters is 1. The van der Waals surface area contributed by atoms with Crippen LogP contribution in [0.15, 0.2) is 152 Å². The summed E-state index contributed by atoms with van der Waals surface area (Å²) in [6, 6.07) is 41.0. The lowest BCUT2D eigenvalue weighted by Gasteiger charge is -2.27. The van der Waals surface area contributed by atoms with Crippen molar-refractivity contribution in [3.05, 3.63) is 163 Å². The molecular weight excluding hydrogens is 508 g/mol. The molecule has 2 heterocycles. The first-order valence-electron chi connectivity index (χ1n) is 13.2. The van der Waals surface area contributed by atoms with Gasteiger partial charge in [-0.3, -0.25) is 9.97 Å². The minimum Gasteiger partial charge on any atom is -0.423 e. The second-order valence-electron chi connectivity index (χ2n) is 9.58. The maximum atomic E-state index is 13.8. The average molecular weight is 535 g/mol. The number of benzene rings is 4. The molecule has 0 fully saturated rings. The number of carbonyl (C=O) groups excluding carboxylic acids is 1. The van der Waals surface area contributed by atoms with E-state index in [4.69, 9.17) is 4.74 Å². The molecule has 6 rings (SSSR count). The Bertz CT molecular complexity index is 1720. The molecule has 6 aromatic rings. The first kappa shape index (κ1) is 25.9. The molecule has 41 heavy (non-hydrogen) atoms. The molecular formula is C36H26N2O3. The molecule has 0 saturated carbocycles. The molecule has 0 bridgehead atoms. The van der Waals surface area contributed by atoms with Crippen LogP contribution in [0.3, 0.4) is 0 Å². The van der Waals surface area contributed by atoms with Crippen molar-refractivity contribution in [3.63, 3.8) is 0 Å². The molecule has 0 aliphatic carbocycles. The zero-order chi connectivity index (χ0) is 28.1. The monoisotopic (exact) mass is 534 g/mol. The Balaban J connectivity index is 1.39. The Labute approximate surface area is 238 Å². The summed E-state index contributed by atoms with van der Waals surface area (Å²) in [5.41, 5.74) is 4.15. The summed E-state index contributed by atoms with van der Waals surface area (Å²) < 4.78 is 6.01. The molecule has 1 N–H and O–H groups in total. The van der Waals surface area contributed by atoms with Crippen LogP contribution in [-0.2, 0) is 10.4 Å². The van der Waals surface area contributed by atoms with Crippen LogP contribution >= 0.6 is 0 Å². The van der Waals surface area contributed by atoms with Gasteiger partial charge in [-0.05, 0) is 63.7 Å². The molecule has 0 aliphatic rings. The number of aromatic nitrogens is 2. The molecule has 0 saturated heterocycles. The van der Waals surface area contributed by atoms with Crippen LogP contribution in [0.4, 0.5) is 0 Å². The highest BCUT2D eigenvalue weighted by atomic mass is 16.6. The maximum Gasteiger partial charge on any atom is 0.353 e. The number of carbonyl (C=O) groups is 1. The topological polar surface area (TPSA) is 72.3 Å². The molecule has 5 heteroatoms. The van der Waals surface area contributed by atoms with E-state index in [1.165, 1.54) is 0 Å². The molecule has 0 radical (unpaired) electrons. The Morgan fingerprint density at radius 2 is 1.22 bits per heavy atom. The number of pyridine rings is 2. The summed E-state index contributed by atoms with van der Waals surface area (Å²) >= 11 is 0. The van der Waals surface area contributed by atoms with Crippen LogP contribution in [0.25, 0.3) is 33.5 Å². The SMILES string of the molecule is O=C(Oc1ccc(-c2ccc(-c3cccnc3)cc2)cc1-c1ccccn1)C(O)(c1ccccc1)c1ccccc1. The lowest BCUT2D eigenvalue weighted by atomic mass is 9.86. The average Bonchev–Trinajstić information content (AvgIpc) is 3.06. The summed E-state index contributed by atoms with van der Waals surface area (Å²) in [6.45, 7) is 0. The summed E-state index contributed by atoms with van der Waals surface area (Å²) in [5, 5.41) is 11.9. The normalized spacial score (nSPS) is 11.1. The highest BCUT2D eigenvalue weighted by molar-refractivity contribution is 5.89. The number of aliphatic hydroxyl groups is 1. The van der Waals surface area contributed by atoms with E-state index in [-0.39, 0.29) is 0 Å². The van der Waals surface area contributed by atoms with Crippen LogP contribution in [0.5, 0.6) is 5.75 Å². The summed E-state index contributed by atoms with van der Waals surface area (Å²) in [6.07, 6.45) is 5.29. The fourth-order valence-corrected chi connectivity index (χ4v) is 4.84. The van der Waals surface area contributed by atoms with E-state index in [0.717, 1.165) is 22.3 Å². The number of hydrogen-bond acceptors (Lipinski definition) is 5. The number of ether oxygens (including phenoxy) is 1. The van der Waals surface area contributed by atoms with Gasteiger partial charge in [0.05, 0.1) is 5.69 Å². The van der Waals surface area contributed by atoms with Gasteiger partial charge < -0.3 is 9.84 Å². The Hall–Kier alpha value is -5.39. The molecule has 2 aromatic heterocycles. The predicted octanol–water partition coefficient (Wildman–Crippen LogP) is 7.32. The lowest BCUT2D eigenvalue weighted by Crippen LogP contribution is -2.40. The first-order chi connectivity index (χ1) is 20.1. The number of nitrogens with zero attached hydrogens (tertiary/aromatic N) is 2. The molecule has 0 spiro atoms. The van der Waals surface area contributed by atoms with Gasteiger partial charge in [0.1, 0.15) is 5.75 Å². The number of rotatable bonds is 7. The summed E-state index contributed by atoms with van der Waals surface area (Å²) in [5.74, 6) is -0.504. The largest absolute Gasteiger partial charge is 0.423 e. The van der Waals surface area contributed by atoms with Crippen LogP contribution < -0.4 is 4.74 Å². The van der Waals surface area contributed by atoms with Gasteiger partial charge in [-0.2, -0.15) is 0 Å². The van der Waals surface area contributed by atoms with Gasteiger partial charge in [-0.1, -0.05) is 103 Å². The standard InChI is InChI=1S/C36H26N2O3/c39-35(36(40,30-11-3-1-4-12-30)31-13-5-2-6-14-31)41-34-21-20-28(24-32(34)33-15-7-8-23-38-33)26-16-18-27(19-17-26)29-10-9-22-37-25-29/h1-25,40H. The third-order valence-corrected chi connectivity index (χ3v) is 7.01. The van der Waals surface area contributed by atoms with Crippen LogP contribution in [-0.4, -0.2) is 21.0 Å². The fourth-order valence-electron chi connectivity index (χ4n) is 4.84. The van der Waals surface area contributed by atoms with Crippen molar-refractivity contribution in [2.45, 2.75) is 5.60 Å². The second kappa shape index (κ2) is 11.4. The van der Waals surface area contributed by atoms with Gasteiger partial charge in [-0.25, -0.2) is 4.79 Å². The van der Waals surface area contributed by atoms with Gasteiger partial charge in [0.25, 0.3) is 0 Å². The lowest BCUT2D eigenvalue weighted by molar-refractivity contribution is -0.151. The van der Waals surface area contributed by atoms with Crippen molar-refractivity contribution in [2.75, 3.05) is 0 Å². The van der Waals surface area contributed by atoms with Gasteiger partial charge in [0.2, 0.25) is 5.60 Å². The Kier molecular flexibility index (Phi) is 7.18. The number of hydrogen-bond donors (Lipinski definition) is 1. The fraction of sp³-hybridized carbons (Fsp3) is 0.0278. The second-order valence-corrected chi connectivity index (χ2v) is 9.58. The zero-order valence-corrected chi connectivity index (χ0v) is 22.1. The minimum atomic E-state index is -2.01. The van der Waals surface area contributed by atoms with Crippen LogP contribution in [0.2, 0.25) is 0 Å². The van der Waals surface area contributed by atoms with E-state index in [9.17, 15) is 9.90 Å². The van der Waals surface area contributed by atoms with Gasteiger partial charge in [0, 0.05) is 24.2 Å². The summed E-state index contributed by atoms with van der Waals surface area (Å²) in [4.78, 5) is 22.6. The molecule has 0 unspecified atom stereocenters. The minimum absolute atomic E-state index is 0.301. The molecule has 4 aromatic carbocycles. The van der Waals surface area contributed by atoms with Crippen LogP contribution in [0, 0.1) is 0 Å². The van der Waals surface area contributed by atoms with E-state index >= 15 is 0 Å². The van der Waals surface area contributed by atoms with E-state index in [1.807, 2.05) is 60.8 Å². The van der Waals surface area contributed by atoms with Gasteiger partial charge in [-0.15, -0.1) is 0 Å². The molecule has 198 valence electrons. The van der Waals surface area contributed by atoms with Gasteiger partial charge >= 0.3 is 5.97 Å². The van der Waals surface area contributed by atoms with Crippen molar-refractivity contribution in [2.24, 2.45) is 0 Å². The third kappa shape index (κ3) is 5.26. The van der Waals surface area contributed by atoms with Crippen molar-refractivity contribution in [1.29, 1.82) is 0 Å². The molecule has 0 amide bonds. The molecule has 0 aliphatic heterocycles. The van der Waals surface area contributed by atoms with Crippen molar-refractivity contribution >= 4 is 5.97 Å². The van der Waals surface area contributed by atoms with Crippen molar-refractivity contribution in [1.82, 2.24) is 9.97 Å². The van der Waals surface area contributed by atoms with Crippen LogP contribution in [0.1, 0.15) is 11.1 Å². The maximum absolute atomic E-state index is 13.8. The third-order valence-electron chi connectivity index (χ3n) is 7.01. The molecule has 0 atom stereocenters. The van der Waals surface area contributed by atoms with E-state index in [1.54, 1.807) is 67.0 Å². The highest BCUT2D eigenvalue weighted by Crippen LogP contribution is 2.37. The smallest absolute Gasteiger partial charge is 0.353 e. The predicted molar refractivity (Wildman–Crippen MR) is 160 cm³/mol. The quantitative estimate of drug-likeness (QED) is 0.172. The summed E-state index contributed by atoms with van der Waals surface area (Å²) in [7, 11) is 0. The Morgan fingerprint density at radius 1 is 0.610 bits per heavy atom. The van der Waals surface area contributed by atoms with Crippen molar-refractivity contribution in [3.8, 4) is 39.3 Å². The molecule has 5 nitrogen and oxygen atoms in total. The Morgan fingerprint density at radius 3 is 1.80 bits per heavy atom.